The van der Waals surface area contributed by atoms with Crippen molar-refractivity contribution < 1.29 is 42.2 Å². The molecular formula is C38H55F2N3O7Si. The van der Waals surface area contributed by atoms with Gasteiger partial charge >= 0.3 is 6.09 Å². The van der Waals surface area contributed by atoms with Crippen LogP contribution in [0.25, 0.3) is 0 Å². The van der Waals surface area contributed by atoms with Gasteiger partial charge in [0.05, 0.1) is 30.8 Å². The Morgan fingerprint density at radius 3 is 2.27 bits per heavy atom. The lowest BCUT2D eigenvalue weighted by atomic mass is 9.94. The molecule has 282 valence electrons. The summed E-state index contributed by atoms with van der Waals surface area (Å²) in [6, 6.07) is 5.91. The van der Waals surface area contributed by atoms with E-state index in [9.17, 15) is 28.3 Å². The number of anilines is 1. The van der Waals surface area contributed by atoms with Crippen molar-refractivity contribution in [2.75, 3.05) is 24.6 Å². The Hall–Kier alpha value is -3.55. The van der Waals surface area contributed by atoms with Crippen LogP contribution >= 0.6 is 0 Å². The number of hydrogen-bond acceptors (Lipinski definition) is 7. The van der Waals surface area contributed by atoms with Crippen LogP contribution < -0.4 is 10.2 Å². The number of nitrogens with zero attached hydrogens (tertiary/aromatic N) is 2. The van der Waals surface area contributed by atoms with E-state index in [1.807, 2.05) is 6.92 Å². The highest BCUT2D eigenvalue weighted by molar-refractivity contribution is 6.74. The van der Waals surface area contributed by atoms with Gasteiger partial charge in [0.2, 0.25) is 5.91 Å². The third-order valence-corrected chi connectivity index (χ3v) is 14.2. The van der Waals surface area contributed by atoms with E-state index < -0.39 is 55.7 Å². The van der Waals surface area contributed by atoms with Crippen LogP contribution in [-0.4, -0.2) is 85.8 Å². The molecule has 2 unspecified atom stereocenters. The average molecular weight is 732 g/mol. The number of hydrogen-bond donors (Lipinski definition) is 2. The van der Waals surface area contributed by atoms with Crippen molar-refractivity contribution in [3.63, 3.8) is 0 Å². The van der Waals surface area contributed by atoms with Gasteiger partial charge in [0.1, 0.15) is 23.0 Å². The molecule has 2 saturated heterocycles. The number of phenols is 1. The molecule has 0 saturated carbocycles. The molecular weight excluding hydrogens is 677 g/mol. The van der Waals surface area contributed by atoms with Gasteiger partial charge < -0.3 is 29.2 Å². The molecule has 2 aliphatic heterocycles. The van der Waals surface area contributed by atoms with Crippen molar-refractivity contribution in [1.29, 1.82) is 0 Å². The van der Waals surface area contributed by atoms with Crippen LogP contribution in [0.1, 0.15) is 90.1 Å². The molecule has 0 radical (unpaired) electrons. The number of amides is 3. The fraction of sp³-hybridized carbons (Fsp3) is 0.605. The maximum absolute atomic E-state index is 14.6. The highest BCUT2D eigenvalue weighted by Crippen LogP contribution is 2.40. The molecule has 2 N–H and O–H groups in total. The number of ether oxygens (including phenoxy) is 2. The molecule has 2 aromatic carbocycles. The molecule has 2 heterocycles. The standard InChI is InChI=1S/C38H55F2N3O7Si/c1-10-14-48-30-22-32(43(23-30)36(47)49-37(2,3)4)34(50-51(8,9)38(5,6)7)31(17-24-15-26(39)20-27(40)16-24)41-35(46)25-18-28(21-29(44)19-25)42-13-11-12-33(42)45/h15-16,18-21,30-32,34,44H,10-14,17,22-23H2,1-9H3,(H,41,46)/t30?,31-,32?,34-/m0/s1. The van der Waals surface area contributed by atoms with Crippen molar-refractivity contribution >= 4 is 31.9 Å². The van der Waals surface area contributed by atoms with Gasteiger partial charge in [0, 0.05) is 43.0 Å². The molecule has 0 aliphatic carbocycles. The van der Waals surface area contributed by atoms with Crippen LogP contribution in [0.5, 0.6) is 5.75 Å². The molecule has 4 atom stereocenters. The van der Waals surface area contributed by atoms with Crippen molar-refractivity contribution in [3.05, 3.63) is 59.2 Å². The lowest BCUT2D eigenvalue weighted by Gasteiger charge is -2.45. The minimum Gasteiger partial charge on any atom is -0.508 e. The molecule has 4 rings (SSSR count). The Bertz CT molecular complexity index is 1560. The molecule has 2 aliphatic rings. The zero-order chi connectivity index (χ0) is 37.9. The number of carbonyl (C=O) groups excluding carboxylic acids is 3. The minimum absolute atomic E-state index is 0.0465. The van der Waals surface area contributed by atoms with E-state index in [-0.39, 0.29) is 46.9 Å². The summed E-state index contributed by atoms with van der Waals surface area (Å²) < 4.78 is 48.4. The van der Waals surface area contributed by atoms with Gasteiger partial charge in [-0.15, -0.1) is 0 Å². The molecule has 0 bridgehead atoms. The predicted molar refractivity (Wildman–Crippen MR) is 194 cm³/mol. The van der Waals surface area contributed by atoms with Gasteiger partial charge in [-0.3, -0.25) is 14.5 Å². The third-order valence-electron chi connectivity index (χ3n) is 9.75. The highest BCUT2D eigenvalue weighted by atomic mass is 28.4. The summed E-state index contributed by atoms with van der Waals surface area (Å²) in [5, 5.41) is 13.4. The Morgan fingerprint density at radius 2 is 1.71 bits per heavy atom. The van der Waals surface area contributed by atoms with Crippen LogP contribution in [0.4, 0.5) is 19.3 Å². The SMILES string of the molecule is CCCOC1CC([C@@H](O[Si](C)(C)C(C)(C)C)[C@H](Cc2cc(F)cc(F)c2)NC(=O)c2cc(O)cc(N3CCCC3=O)c2)N(C(=O)OC(C)(C)C)C1. The Kier molecular flexibility index (Phi) is 12.6. The summed E-state index contributed by atoms with van der Waals surface area (Å²) in [5.74, 6) is -2.43. The number of phenolic OH excluding ortho intramolecular Hbond substituents is 1. The first-order chi connectivity index (χ1) is 23.7. The summed E-state index contributed by atoms with van der Waals surface area (Å²) in [6.45, 7) is 18.9. The van der Waals surface area contributed by atoms with Gasteiger partial charge in [0.25, 0.3) is 5.91 Å². The molecule has 0 spiro atoms. The second-order valence-corrected chi connectivity index (χ2v) is 21.0. The summed E-state index contributed by atoms with van der Waals surface area (Å²) in [7, 11) is -2.67. The van der Waals surface area contributed by atoms with Crippen molar-refractivity contribution in [1.82, 2.24) is 10.2 Å². The van der Waals surface area contributed by atoms with E-state index in [1.54, 1.807) is 25.7 Å². The normalized spacial score (nSPS) is 19.7. The Morgan fingerprint density at radius 1 is 1.04 bits per heavy atom. The number of carbonyl (C=O) groups is 3. The first-order valence-electron chi connectivity index (χ1n) is 17.9. The number of halogens is 2. The minimum atomic E-state index is -2.67. The molecule has 13 heteroatoms. The molecule has 3 amide bonds. The number of nitrogens with one attached hydrogen (secondary N) is 1. The summed E-state index contributed by atoms with van der Waals surface area (Å²) in [5.41, 5.74) is -0.0356. The smallest absolute Gasteiger partial charge is 0.410 e. The summed E-state index contributed by atoms with van der Waals surface area (Å²) >= 11 is 0. The zero-order valence-electron chi connectivity index (χ0n) is 31.5. The second kappa shape index (κ2) is 16.0. The quantitative estimate of drug-likeness (QED) is 0.220. The molecule has 0 aromatic heterocycles. The van der Waals surface area contributed by atoms with Crippen LogP contribution in [0, 0.1) is 11.6 Å². The van der Waals surface area contributed by atoms with E-state index in [4.69, 9.17) is 13.9 Å². The van der Waals surface area contributed by atoms with E-state index in [0.29, 0.717) is 38.1 Å². The van der Waals surface area contributed by atoms with Crippen molar-refractivity contribution in [2.45, 2.75) is 129 Å². The first-order valence-corrected chi connectivity index (χ1v) is 20.8. The van der Waals surface area contributed by atoms with Crippen LogP contribution in [-0.2, 0) is 25.1 Å². The van der Waals surface area contributed by atoms with Crippen LogP contribution in [0.2, 0.25) is 18.1 Å². The van der Waals surface area contributed by atoms with Crippen molar-refractivity contribution in [3.8, 4) is 5.75 Å². The fourth-order valence-electron chi connectivity index (χ4n) is 6.31. The monoisotopic (exact) mass is 731 g/mol. The second-order valence-electron chi connectivity index (χ2n) is 16.2. The lowest BCUT2D eigenvalue weighted by Crippen LogP contribution is -2.60. The summed E-state index contributed by atoms with van der Waals surface area (Å²) in [4.78, 5) is 43.7. The van der Waals surface area contributed by atoms with Crippen LogP contribution in [0.15, 0.2) is 36.4 Å². The molecule has 10 nitrogen and oxygen atoms in total. The average Bonchev–Trinajstić information content (AvgIpc) is 3.62. The highest BCUT2D eigenvalue weighted by Gasteiger charge is 2.49. The van der Waals surface area contributed by atoms with Gasteiger partial charge in [-0.2, -0.15) is 0 Å². The number of aromatic hydroxyl groups is 1. The van der Waals surface area contributed by atoms with E-state index in [0.717, 1.165) is 12.5 Å². The molecule has 51 heavy (non-hydrogen) atoms. The molecule has 2 fully saturated rings. The van der Waals surface area contributed by atoms with Gasteiger partial charge in [-0.25, -0.2) is 13.6 Å². The number of benzene rings is 2. The number of rotatable bonds is 12. The summed E-state index contributed by atoms with van der Waals surface area (Å²) in [6.07, 6.45) is 0.347. The van der Waals surface area contributed by atoms with Gasteiger partial charge in [-0.05, 0) is 94.4 Å². The van der Waals surface area contributed by atoms with E-state index in [1.165, 1.54) is 35.2 Å². The largest absolute Gasteiger partial charge is 0.508 e. The third kappa shape index (κ3) is 10.5. The van der Waals surface area contributed by atoms with Crippen LogP contribution in [0.3, 0.4) is 0 Å². The number of likely N-dealkylation sites (tertiary alicyclic amines) is 1. The predicted octanol–water partition coefficient (Wildman–Crippen LogP) is 7.33. The van der Waals surface area contributed by atoms with Crippen molar-refractivity contribution in [2.24, 2.45) is 0 Å². The Labute approximate surface area is 301 Å². The topological polar surface area (TPSA) is 118 Å². The van der Waals surface area contributed by atoms with Gasteiger partial charge in [0.15, 0.2) is 8.32 Å². The van der Waals surface area contributed by atoms with E-state index >= 15 is 0 Å². The van der Waals surface area contributed by atoms with E-state index in [2.05, 4.69) is 39.2 Å². The Balaban J connectivity index is 1.84. The van der Waals surface area contributed by atoms with Gasteiger partial charge in [-0.1, -0.05) is 27.7 Å². The fourth-order valence-corrected chi connectivity index (χ4v) is 7.66. The maximum Gasteiger partial charge on any atom is 0.410 e. The zero-order valence-corrected chi connectivity index (χ0v) is 32.5. The molecule has 2 aromatic rings. The lowest BCUT2D eigenvalue weighted by molar-refractivity contribution is -0.117. The maximum atomic E-state index is 14.6. The first kappa shape index (κ1) is 40.2.